The van der Waals surface area contributed by atoms with Gasteiger partial charge in [0, 0.05) is 32.6 Å². The molecule has 5 atom stereocenters. The molecule has 3 rings (SSSR count). The predicted molar refractivity (Wildman–Crippen MR) is 225 cm³/mol. The molecular formula is C48H72O8. The summed E-state index contributed by atoms with van der Waals surface area (Å²) < 4.78 is 17.4. The van der Waals surface area contributed by atoms with Crippen LogP contribution in [-0.2, 0) is 28.6 Å². The molecule has 8 heteroatoms. The third kappa shape index (κ3) is 13.1. The molecule has 3 fully saturated rings. The van der Waals surface area contributed by atoms with Gasteiger partial charge in [0.1, 0.15) is 18.3 Å². The topological polar surface area (TPSA) is 123 Å². The summed E-state index contributed by atoms with van der Waals surface area (Å²) in [7, 11) is 0. The first-order valence-corrected chi connectivity index (χ1v) is 20.8. The van der Waals surface area contributed by atoms with E-state index in [9.17, 15) is 24.6 Å². The molecule has 0 unspecified atom stereocenters. The number of Topliss-reactive ketones (excluding diaryl/α,β-unsaturated/α-hetero) is 1. The molecule has 0 aromatic heterocycles. The van der Waals surface area contributed by atoms with Gasteiger partial charge in [0.15, 0.2) is 5.78 Å². The number of carbonyl (C=O) groups excluding carboxylic acids is 3. The average Bonchev–Trinajstić information content (AvgIpc) is 3.68. The molecule has 2 aliphatic carbocycles. The summed E-state index contributed by atoms with van der Waals surface area (Å²) in [4.78, 5) is 37.3. The lowest BCUT2D eigenvalue weighted by Crippen LogP contribution is -2.48. The molecule has 0 aromatic carbocycles. The Labute approximate surface area is 337 Å². The number of fused-ring (bicyclic) bond motifs is 1. The SMILES string of the molecule is CCCCCC(=O)OC\C(=C/C=C/C(C)=C/CC/C=C(C)/C=C/C=C(\C)C(=O)C[C@@]12O[C@]1(C)C[C@@H](O)CC2(C)C)CC=C1C(C)(C)C[C@H](OC(C)=O)C[C@@]1(C)O. The standard InChI is InChI=1S/C48H72O8/c1-12-13-14-25-43(52)54-33-38(26-27-42-44(6,7)30-40(55-37(5)49)31-46(42,10)53)24-18-22-35(3)20-16-15-19-34(2)21-17-23-36(4)41(51)32-48-45(8,9)28-39(50)29-47(48,11)56-48/h17-24,27,39-40,50,53H,12-16,25-26,28-33H2,1-11H3/b21-17+,22-18+,34-19+,35-20+,36-23+,38-24-,42-27?/t39-,40-,46+,47+,48-/m0/s1. The van der Waals surface area contributed by atoms with E-state index < -0.39 is 22.9 Å². The van der Waals surface area contributed by atoms with E-state index in [4.69, 9.17) is 14.2 Å². The second-order valence-corrected chi connectivity index (χ2v) is 18.3. The lowest BCUT2D eigenvalue weighted by Gasteiger charge is -2.46. The average molecular weight is 777 g/mol. The zero-order valence-electron chi connectivity index (χ0n) is 36.4. The summed E-state index contributed by atoms with van der Waals surface area (Å²) in [6, 6.07) is 0. The van der Waals surface area contributed by atoms with Gasteiger partial charge in [0.2, 0.25) is 0 Å². The number of esters is 2. The highest BCUT2D eigenvalue weighted by Gasteiger charge is 2.76. The van der Waals surface area contributed by atoms with Crippen molar-refractivity contribution in [3.8, 4) is 0 Å². The first-order valence-electron chi connectivity index (χ1n) is 20.8. The van der Waals surface area contributed by atoms with Crippen molar-refractivity contribution >= 4 is 17.7 Å². The van der Waals surface area contributed by atoms with Crippen molar-refractivity contribution in [3.05, 3.63) is 82.5 Å². The molecule has 2 N–H and O–H groups in total. The molecule has 2 saturated carbocycles. The van der Waals surface area contributed by atoms with Gasteiger partial charge in [-0.1, -0.05) is 113 Å². The third-order valence-electron chi connectivity index (χ3n) is 12.0. The molecule has 8 nitrogen and oxygen atoms in total. The van der Waals surface area contributed by atoms with Crippen LogP contribution in [0.2, 0.25) is 0 Å². The summed E-state index contributed by atoms with van der Waals surface area (Å²) in [5, 5.41) is 21.8. The van der Waals surface area contributed by atoms with Gasteiger partial charge in [0.25, 0.3) is 0 Å². The van der Waals surface area contributed by atoms with Gasteiger partial charge >= 0.3 is 11.9 Å². The molecule has 312 valence electrons. The molecule has 0 amide bonds. The number of rotatable bonds is 19. The van der Waals surface area contributed by atoms with Crippen molar-refractivity contribution in [2.75, 3.05) is 6.61 Å². The van der Waals surface area contributed by atoms with Gasteiger partial charge in [-0.3, -0.25) is 14.4 Å². The van der Waals surface area contributed by atoms with Crippen LogP contribution in [0.1, 0.15) is 153 Å². The van der Waals surface area contributed by atoms with E-state index in [0.29, 0.717) is 50.5 Å². The first kappa shape index (κ1) is 47.0. The Hall–Kier alpha value is -3.33. The summed E-state index contributed by atoms with van der Waals surface area (Å²) in [6.07, 6.45) is 25.5. The maximum atomic E-state index is 13.2. The van der Waals surface area contributed by atoms with Crippen LogP contribution in [0, 0.1) is 10.8 Å². The molecule has 0 spiro atoms. The molecular weight excluding hydrogens is 705 g/mol. The number of hydrogen-bond acceptors (Lipinski definition) is 8. The monoisotopic (exact) mass is 777 g/mol. The van der Waals surface area contributed by atoms with Crippen LogP contribution in [0.3, 0.4) is 0 Å². The number of aliphatic hydroxyl groups is 2. The van der Waals surface area contributed by atoms with Crippen LogP contribution in [0.25, 0.3) is 0 Å². The van der Waals surface area contributed by atoms with Crippen LogP contribution >= 0.6 is 0 Å². The Balaban J connectivity index is 1.59. The van der Waals surface area contributed by atoms with E-state index in [1.54, 1.807) is 6.92 Å². The Morgan fingerprint density at radius 3 is 2.05 bits per heavy atom. The van der Waals surface area contributed by atoms with Crippen molar-refractivity contribution in [1.82, 2.24) is 0 Å². The fourth-order valence-corrected chi connectivity index (χ4v) is 9.08. The minimum Gasteiger partial charge on any atom is -0.462 e. The lowest BCUT2D eigenvalue weighted by atomic mass is 9.61. The normalized spacial score (nSPS) is 30.1. The number of ketones is 1. The van der Waals surface area contributed by atoms with E-state index in [-0.39, 0.29) is 41.3 Å². The fraction of sp³-hybridized carbons (Fsp3) is 0.646. The van der Waals surface area contributed by atoms with Gasteiger partial charge in [-0.25, -0.2) is 0 Å². The molecule has 0 radical (unpaired) electrons. The van der Waals surface area contributed by atoms with E-state index >= 15 is 0 Å². The van der Waals surface area contributed by atoms with Crippen molar-refractivity contribution in [3.63, 3.8) is 0 Å². The zero-order chi connectivity index (χ0) is 42.0. The first-order chi connectivity index (χ1) is 26.1. The van der Waals surface area contributed by atoms with Crippen LogP contribution in [-0.4, -0.2) is 63.6 Å². The Bertz CT molecular complexity index is 1610. The molecule has 1 saturated heterocycles. The molecule has 0 bridgehead atoms. The molecule has 1 heterocycles. The Morgan fingerprint density at radius 2 is 1.48 bits per heavy atom. The van der Waals surface area contributed by atoms with Gasteiger partial charge < -0.3 is 24.4 Å². The minimum absolute atomic E-state index is 0.0811. The van der Waals surface area contributed by atoms with Crippen LogP contribution < -0.4 is 0 Å². The number of hydrogen-bond donors (Lipinski definition) is 2. The highest BCUT2D eigenvalue weighted by molar-refractivity contribution is 5.96. The predicted octanol–water partition coefficient (Wildman–Crippen LogP) is 10.3. The summed E-state index contributed by atoms with van der Waals surface area (Å²) in [5.74, 6) is -0.465. The summed E-state index contributed by atoms with van der Waals surface area (Å²) >= 11 is 0. The molecule has 0 aromatic rings. The second-order valence-electron chi connectivity index (χ2n) is 18.3. The van der Waals surface area contributed by atoms with Crippen LogP contribution in [0.4, 0.5) is 0 Å². The zero-order valence-corrected chi connectivity index (χ0v) is 36.4. The maximum Gasteiger partial charge on any atom is 0.306 e. The summed E-state index contributed by atoms with van der Waals surface area (Å²) in [6.45, 7) is 21.8. The number of ether oxygens (including phenoxy) is 3. The van der Waals surface area contributed by atoms with Crippen molar-refractivity contribution in [1.29, 1.82) is 0 Å². The second kappa shape index (κ2) is 19.9. The van der Waals surface area contributed by atoms with Crippen LogP contribution in [0.5, 0.6) is 0 Å². The van der Waals surface area contributed by atoms with Crippen molar-refractivity contribution < 1.29 is 38.8 Å². The third-order valence-corrected chi connectivity index (χ3v) is 12.0. The highest BCUT2D eigenvalue weighted by atomic mass is 16.6. The molecule has 3 aliphatic rings. The lowest BCUT2D eigenvalue weighted by molar-refractivity contribution is -0.152. The van der Waals surface area contributed by atoms with E-state index in [0.717, 1.165) is 54.4 Å². The van der Waals surface area contributed by atoms with Gasteiger partial charge in [-0.05, 0) is 101 Å². The fourth-order valence-electron chi connectivity index (χ4n) is 9.08. The molecule has 56 heavy (non-hydrogen) atoms. The minimum atomic E-state index is -1.14. The van der Waals surface area contributed by atoms with E-state index in [1.807, 2.05) is 50.3 Å². The Kier molecular flexibility index (Phi) is 16.7. The largest absolute Gasteiger partial charge is 0.462 e. The number of unbranched alkanes of at least 4 members (excludes halogenated alkanes) is 3. The number of allylic oxidation sites excluding steroid dienone is 12. The number of aliphatic hydroxyl groups excluding tert-OH is 1. The van der Waals surface area contributed by atoms with Gasteiger partial charge in [0.05, 0.1) is 17.3 Å². The van der Waals surface area contributed by atoms with Crippen LogP contribution in [0.15, 0.2) is 82.5 Å². The van der Waals surface area contributed by atoms with E-state index in [2.05, 4.69) is 66.7 Å². The Morgan fingerprint density at radius 1 is 0.857 bits per heavy atom. The van der Waals surface area contributed by atoms with Gasteiger partial charge in [-0.15, -0.1) is 0 Å². The van der Waals surface area contributed by atoms with Crippen molar-refractivity contribution in [2.45, 2.75) is 182 Å². The number of epoxide rings is 1. The number of carbonyl (C=O) groups is 3. The van der Waals surface area contributed by atoms with E-state index in [1.165, 1.54) is 6.92 Å². The highest BCUT2D eigenvalue weighted by Crippen LogP contribution is 2.67. The smallest absolute Gasteiger partial charge is 0.306 e. The summed E-state index contributed by atoms with van der Waals surface area (Å²) in [5.41, 5.74) is 2.01. The quantitative estimate of drug-likeness (QED) is 0.0332. The molecule has 1 aliphatic heterocycles. The van der Waals surface area contributed by atoms with Crippen molar-refractivity contribution in [2.24, 2.45) is 10.8 Å². The van der Waals surface area contributed by atoms with Gasteiger partial charge in [-0.2, -0.15) is 0 Å². The maximum absolute atomic E-state index is 13.2.